The molecule has 106 valence electrons. The molecular weight excluding hydrogens is 257 g/mol. The summed E-state index contributed by atoms with van der Waals surface area (Å²) < 4.78 is 37.5. The summed E-state index contributed by atoms with van der Waals surface area (Å²) in [4.78, 5) is 11.5. The van der Waals surface area contributed by atoms with Crippen molar-refractivity contribution in [2.45, 2.75) is 39.0 Å². The summed E-state index contributed by atoms with van der Waals surface area (Å²) in [6.07, 6.45) is -4.37. The van der Waals surface area contributed by atoms with Gasteiger partial charge in [-0.25, -0.2) is 4.79 Å². The highest BCUT2D eigenvalue weighted by atomic mass is 19.4. The molecule has 0 bridgehead atoms. The van der Waals surface area contributed by atoms with Crippen molar-refractivity contribution in [1.82, 2.24) is 10.6 Å². The van der Waals surface area contributed by atoms with E-state index in [0.717, 1.165) is 12.1 Å². The second-order valence-electron chi connectivity index (χ2n) is 5.26. The van der Waals surface area contributed by atoms with Crippen molar-refractivity contribution in [2.75, 3.05) is 0 Å². The average Bonchev–Trinajstić information content (AvgIpc) is 2.23. The third-order valence-corrected chi connectivity index (χ3v) is 2.20. The van der Waals surface area contributed by atoms with E-state index in [-0.39, 0.29) is 6.54 Å². The Balaban J connectivity index is 2.62. The van der Waals surface area contributed by atoms with Crippen molar-refractivity contribution in [2.24, 2.45) is 0 Å². The van der Waals surface area contributed by atoms with Crippen LogP contribution in [0.4, 0.5) is 18.0 Å². The predicted octanol–water partition coefficient (Wildman–Crippen LogP) is 3.30. The van der Waals surface area contributed by atoms with Crippen LogP contribution in [0.1, 0.15) is 31.9 Å². The van der Waals surface area contributed by atoms with Crippen LogP contribution in [0.3, 0.4) is 0 Å². The Hall–Kier alpha value is -1.72. The van der Waals surface area contributed by atoms with Crippen molar-refractivity contribution in [3.05, 3.63) is 35.4 Å². The number of carbonyl (C=O) groups is 1. The van der Waals surface area contributed by atoms with E-state index in [1.165, 1.54) is 12.1 Å². The second-order valence-corrected chi connectivity index (χ2v) is 5.26. The molecule has 0 aliphatic carbocycles. The van der Waals surface area contributed by atoms with Crippen molar-refractivity contribution < 1.29 is 18.0 Å². The summed E-state index contributed by atoms with van der Waals surface area (Å²) in [6.45, 7) is 5.50. The fourth-order valence-electron chi connectivity index (χ4n) is 1.42. The van der Waals surface area contributed by atoms with Gasteiger partial charge in [0.1, 0.15) is 0 Å². The van der Waals surface area contributed by atoms with E-state index in [0.29, 0.717) is 5.56 Å². The van der Waals surface area contributed by atoms with E-state index < -0.39 is 23.3 Å². The molecule has 0 atom stereocenters. The van der Waals surface area contributed by atoms with Crippen LogP contribution in [-0.4, -0.2) is 11.6 Å². The van der Waals surface area contributed by atoms with Crippen LogP contribution >= 0.6 is 0 Å². The van der Waals surface area contributed by atoms with Gasteiger partial charge in [-0.3, -0.25) is 0 Å². The topological polar surface area (TPSA) is 41.1 Å². The molecule has 0 saturated carbocycles. The lowest BCUT2D eigenvalue weighted by molar-refractivity contribution is -0.137. The summed E-state index contributed by atoms with van der Waals surface area (Å²) in [6, 6.07) is 4.47. The molecule has 1 rings (SSSR count). The number of hydrogen-bond acceptors (Lipinski definition) is 1. The number of rotatable bonds is 2. The Morgan fingerprint density at radius 1 is 1.21 bits per heavy atom. The van der Waals surface area contributed by atoms with Gasteiger partial charge in [0.25, 0.3) is 0 Å². The van der Waals surface area contributed by atoms with Crippen LogP contribution in [0, 0.1) is 0 Å². The first kappa shape index (κ1) is 15.3. The molecule has 2 amide bonds. The van der Waals surface area contributed by atoms with Crippen LogP contribution < -0.4 is 10.6 Å². The Labute approximate surface area is 110 Å². The van der Waals surface area contributed by atoms with Gasteiger partial charge >= 0.3 is 12.2 Å². The van der Waals surface area contributed by atoms with E-state index >= 15 is 0 Å². The van der Waals surface area contributed by atoms with Gasteiger partial charge in [-0.2, -0.15) is 13.2 Å². The van der Waals surface area contributed by atoms with Crippen molar-refractivity contribution in [3.63, 3.8) is 0 Å². The summed E-state index contributed by atoms with van der Waals surface area (Å²) in [5.74, 6) is 0. The van der Waals surface area contributed by atoms with Crippen molar-refractivity contribution in [1.29, 1.82) is 0 Å². The molecule has 2 N–H and O–H groups in total. The maximum atomic E-state index is 12.5. The molecule has 0 heterocycles. The van der Waals surface area contributed by atoms with Gasteiger partial charge in [-0.15, -0.1) is 0 Å². The number of urea groups is 1. The predicted molar refractivity (Wildman–Crippen MR) is 66.6 cm³/mol. The Bertz CT molecular complexity index is 450. The molecule has 6 heteroatoms. The smallest absolute Gasteiger partial charge is 0.334 e. The van der Waals surface area contributed by atoms with E-state index in [9.17, 15) is 18.0 Å². The number of benzene rings is 1. The van der Waals surface area contributed by atoms with Crippen LogP contribution in [0.25, 0.3) is 0 Å². The highest BCUT2D eigenvalue weighted by molar-refractivity contribution is 5.74. The molecule has 1 aromatic carbocycles. The van der Waals surface area contributed by atoms with Gasteiger partial charge in [0.05, 0.1) is 5.56 Å². The second kappa shape index (κ2) is 5.50. The monoisotopic (exact) mass is 274 g/mol. The Morgan fingerprint density at radius 2 is 1.84 bits per heavy atom. The molecule has 0 aliphatic rings. The highest BCUT2D eigenvalue weighted by Crippen LogP contribution is 2.29. The van der Waals surface area contributed by atoms with Crippen molar-refractivity contribution >= 4 is 6.03 Å². The maximum Gasteiger partial charge on any atom is 0.416 e. The third-order valence-electron chi connectivity index (χ3n) is 2.20. The van der Waals surface area contributed by atoms with Crippen LogP contribution in [0.2, 0.25) is 0 Å². The average molecular weight is 274 g/mol. The first-order valence-corrected chi connectivity index (χ1v) is 5.80. The number of halogens is 3. The largest absolute Gasteiger partial charge is 0.416 e. The molecule has 1 aromatic rings. The quantitative estimate of drug-likeness (QED) is 0.853. The lowest BCUT2D eigenvalue weighted by Gasteiger charge is -2.20. The van der Waals surface area contributed by atoms with Gasteiger partial charge in [-0.05, 0) is 38.5 Å². The number of alkyl halides is 3. The first-order valence-electron chi connectivity index (χ1n) is 5.80. The van der Waals surface area contributed by atoms with E-state index in [2.05, 4.69) is 10.6 Å². The Kier molecular flexibility index (Phi) is 4.44. The summed E-state index contributed by atoms with van der Waals surface area (Å²) >= 11 is 0. The molecular formula is C13H17F3N2O. The number of nitrogens with one attached hydrogen (secondary N) is 2. The number of carbonyl (C=O) groups excluding carboxylic acids is 1. The minimum Gasteiger partial charge on any atom is -0.334 e. The van der Waals surface area contributed by atoms with Crippen LogP contribution in [-0.2, 0) is 12.7 Å². The molecule has 0 spiro atoms. The molecule has 0 aliphatic heterocycles. The summed E-state index contributed by atoms with van der Waals surface area (Å²) in [5.41, 5.74) is -0.709. The van der Waals surface area contributed by atoms with Gasteiger partial charge in [0, 0.05) is 12.1 Å². The lowest BCUT2D eigenvalue weighted by atomic mass is 10.1. The van der Waals surface area contributed by atoms with Crippen LogP contribution in [0.5, 0.6) is 0 Å². The minimum absolute atomic E-state index is 0.0475. The summed E-state index contributed by atoms with van der Waals surface area (Å²) in [7, 11) is 0. The van der Waals surface area contributed by atoms with Gasteiger partial charge in [0.15, 0.2) is 0 Å². The molecule has 0 unspecified atom stereocenters. The molecule has 3 nitrogen and oxygen atoms in total. The van der Waals surface area contributed by atoms with Gasteiger partial charge in [-0.1, -0.05) is 12.1 Å². The zero-order valence-corrected chi connectivity index (χ0v) is 11.1. The molecule has 0 aromatic heterocycles. The minimum atomic E-state index is -4.37. The van der Waals surface area contributed by atoms with Crippen LogP contribution in [0.15, 0.2) is 24.3 Å². The molecule has 0 saturated heterocycles. The van der Waals surface area contributed by atoms with E-state index in [1.807, 2.05) is 20.8 Å². The zero-order valence-electron chi connectivity index (χ0n) is 11.1. The highest BCUT2D eigenvalue weighted by Gasteiger charge is 2.30. The normalized spacial score (nSPS) is 12.1. The zero-order chi connectivity index (χ0) is 14.7. The molecule has 19 heavy (non-hydrogen) atoms. The third kappa shape index (κ3) is 5.63. The standard InChI is InChI=1S/C13H17F3N2O/c1-12(2,3)18-11(19)17-8-9-5-4-6-10(7-9)13(14,15)16/h4-7H,8H2,1-3H3,(H2,17,18,19). The van der Waals surface area contributed by atoms with E-state index in [1.54, 1.807) is 0 Å². The number of hydrogen-bond donors (Lipinski definition) is 2. The molecule has 0 fully saturated rings. The number of amides is 2. The lowest BCUT2D eigenvalue weighted by Crippen LogP contribution is -2.46. The Morgan fingerprint density at radius 3 is 2.37 bits per heavy atom. The first-order chi connectivity index (χ1) is 8.58. The van der Waals surface area contributed by atoms with Gasteiger partial charge in [0.2, 0.25) is 0 Å². The SMILES string of the molecule is CC(C)(C)NC(=O)NCc1cccc(C(F)(F)F)c1. The fourth-order valence-corrected chi connectivity index (χ4v) is 1.42. The summed E-state index contributed by atoms with van der Waals surface area (Å²) in [5, 5.41) is 5.18. The molecule has 0 radical (unpaired) electrons. The maximum absolute atomic E-state index is 12.5. The van der Waals surface area contributed by atoms with E-state index in [4.69, 9.17) is 0 Å². The fraction of sp³-hybridized carbons (Fsp3) is 0.462. The van der Waals surface area contributed by atoms with Crippen molar-refractivity contribution in [3.8, 4) is 0 Å². The van der Waals surface area contributed by atoms with Gasteiger partial charge < -0.3 is 10.6 Å².